The second-order valence-electron chi connectivity index (χ2n) is 5.23. The molecule has 1 aliphatic heterocycles. The number of nitrogens with zero attached hydrogens (tertiary/aromatic N) is 1. The number of hydrogen-bond donors (Lipinski definition) is 1. The number of likely N-dealkylation sites (tertiary alicyclic amines) is 1. The topological polar surface area (TPSA) is 57.6 Å². The van der Waals surface area contributed by atoms with Crippen molar-refractivity contribution in [3.63, 3.8) is 0 Å². The first-order valence-corrected chi connectivity index (χ1v) is 7.61. The zero-order valence-electron chi connectivity index (χ0n) is 11.8. The summed E-state index contributed by atoms with van der Waals surface area (Å²) < 4.78 is 0. The predicted octanol–water partition coefficient (Wildman–Crippen LogP) is 2.92. The van der Waals surface area contributed by atoms with E-state index in [9.17, 15) is 9.59 Å². The van der Waals surface area contributed by atoms with Crippen LogP contribution in [-0.2, 0) is 4.79 Å². The van der Waals surface area contributed by atoms with E-state index in [0.29, 0.717) is 42.8 Å². The SMILES string of the molecule is O=C(CCCC(=S)N1CCC[C@H]1C(=O)O)c1ccccc1. The fourth-order valence-electron chi connectivity index (χ4n) is 2.63. The summed E-state index contributed by atoms with van der Waals surface area (Å²) in [6, 6.07) is 8.70. The van der Waals surface area contributed by atoms with Crippen molar-refractivity contribution in [1.82, 2.24) is 4.90 Å². The van der Waals surface area contributed by atoms with E-state index in [4.69, 9.17) is 17.3 Å². The van der Waals surface area contributed by atoms with Crippen molar-refractivity contribution in [2.45, 2.75) is 38.1 Å². The number of benzene rings is 1. The molecule has 0 aromatic heterocycles. The minimum atomic E-state index is -0.810. The van der Waals surface area contributed by atoms with Gasteiger partial charge in [-0.25, -0.2) is 4.79 Å². The molecule has 0 unspecified atom stereocenters. The average Bonchev–Trinajstić information content (AvgIpc) is 2.97. The lowest BCUT2D eigenvalue weighted by atomic mass is 10.1. The molecule has 112 valence electrons. The Hall–Kier alpha value is -1.75. The van der Waals surface area contributed by atoms with Crippen LogP contribution >= 0.6 is 12.2 Å². The summed E-state index contributed by atoms with van der Waals surface area (Å²) in [5.41, 5.74) is 0.716. The average molecular weight is 305 g/mol. The number of aliphatic carboxylic acids is 1. The number of carboxylic acids is 1. The van der Waals surface area contributed by atoms with Crippen LogP contribution in [0, 0.1) is 0 Å². The highest BCUT2D eigenvalue weighted by Crippen LogP contribution is 2.20. The van der Waals surface area contributed by atoms with E-state index in [1.165, 1.54) is 0 Å². The van der Waals surface area contributed by atoms with E-state index >= 15 is 0 Å². The fraction of sp³-hybridized carbons (Fsp3) is 0.438. The normalized spacial score (nSPS) is 17.7. The van der Waals surface area contributed by atoms with Crippen LogP contribution in [0.4, 0.5) is 0 Å². The second kappa shape index (κ2) is 7.31. The van der Waals surface area contributed by atoms with Crippen molar-refractivity contribution in [1.29, 1.82) is 0 Å². The Balaban J connectivity index is 1.79. The number of rotatable bonds is 6. The smallest absolute Gasteiger partial charge is 0.326 e. The molecule has 0 saturated carbocycles. The number of carbonyl (C=O) groups excluding carboxylic acids is 1. The van der Waals surface area contributed by atoms with Crippen molar-refractivity contribution in [3.05, 3.63) is 35.9 Å². The third-order valence-corrected chi connectivity index (χ3v) is 4.19. The maximum absolute atomic E-state index is 12.0. The standard InChI is InChI=1S/C16H19NO3S/c18-14(12-6-2-1-3-7-12)9-4-10-15(21)17-11-5-8-13(17)16(19)20/h1-3,6-7,13H,4-5,8-11H2,(H,19,20)/t13-/m0/s1. The molecule has 4 nitrogen and oxygen atoms in total. The Morgan fingerprint density at radius 1 is 1.24 bits per heavy atom. The molecule has 2 rings (SSSR count). The summed E-state index contributed by atoms with van der Waals surface area (Å²) in [7, 11) is 0. The minimum absolute atomic E-state index is 0.106. The maximum Gasteiger partial charge on any atom is 0.326 e. The van der Waals surface area contributed by atoms with Gasteiger partial charge in [-0.05, 0) is 25.7 Å². The van der Waals surface area contributed by atoms with Gasteiger partial charge in [-0.1, -0.05) is 42.5 Å². The zero-order chi connectivity index (χ0) is 15.2. The van der Waals surface area contributed by atoms with Gasteiger partial charge in [0.1, 0.15) is 6.04 Å². The van der Waals surface area contributed by atoms with E-state index in [-0.39, 0.29) is 5.78 Å². The summed E-state index contributed by atoms with van der Waals surface area (Å²) in [5.74, 6) is -0.704. The molecule has 1 aliphatic rings. The number of carbonyl (C=O) groups is 2. The Morgan fingerprint density at radius 2 is 1.95 bits per heavy atom. The van der Waals surface area contributed by atoms with Crippen molar-refractivity contribution < 1.29 is 14.7 Å². The van der Waals surface area contributed by atoms with Gasteiger partial charge < -0.3 is 10.0 Å². The van der Waals surface area contributed by atoms with Crippen LogP contribution < -0.4 is 0 Å². The lowest BCUT2D eigenvalue weighted by molar-refractivity contribution is -0.140. The van der Waals surface area contributed by atoms with Crippen LogP contribution in [0.15, 0.2) is 30.3 Å². The molecule has 1 heterocycles. The van der Waals surface area contributed by atoms with Gasteiger partial charge in [-0.3, -0.25) is 4.79 Å². The van der Waals surface area contributed by atoms with E-state index in [2.05, 4.69) is 0 Å². The van der Waals surface area contributed by atoms with E-state index in [0.717, 1.165) is 6.42 Å². The van der Waals surface area contributed by atoms with Crippen LogP contribution in [0.25, 0.3) is 0 Å². The first kappa shape index (κ1) is 15.6. The van der Waals surface area contributed by atoms with Crippen molar-refractivity contribution in [3.8, 4) is 0 Å². The molecule has 0 aliphatic carbocycles. The minimum Gasteiger partial charge on any atom is -0.480 e. The van der Waals surface area contributed by atoms with Gasteiger partial charge in [0.15, 0.2) is 5.78 Å². The largest absolute Gasteiger partial charge is 0.480 e. The monoisotopic (exact) mass is 305 g/mol. The Labute approximate surface area is 129 Å². The first-order chi connectivity index (χ1) is 10.1. The zero-order valence-corrected chi connectivity index (χ0v) is 12.6. The van der Waals surface area contributed by atoms with Crippen LogP contribution in [0.3, 0.4) is 0 Å². The van der Waals surface area contributed by atoms with Crippen LogP contribution in [0.1, 0.15) is 42.5 Å². The molecule has 1 aromatic rings. The van der Waals surface area contributed by atoms with Gasteiger partial charge in [0, 0.05) is 18.5 Å². The predicted molar refractivity (Wildman–Crippen MR) is 84.6 cm³/mol. The summed E-state index contributed by atoms with van der Waals surface area (Å²) in [5, 5.41) is 9.14. The molecule has 0 amide bonds. The molecule has 0 spiro atoms. The lowest BCUT2D eigenvalue weighted by Gasteiger charge is -2.24. The van der Waals surface area contributed by atoms with Gasteiger partial charge in [0.2, 0.25) is 0 Å². The Morgan fingerprint density at radius 3 is 2.62 bits per heavy atom. The van der Waals surface area contributed by atoms with Crippen LogP contribution in [0.2, 0.25) is 0 Å². The molecule has 0 bridgehead atoms. The van der Waals surface area contributed by atoms with Crippen LogP contribution in [-0.4, -0.2) is 39.3 Å². The molecule has 1 fully saturated rings. The number of Topliss-reactive ketones (excluding diaryl/α,β-unsaturated/α-hetero) is 1. The molecular weight excluding hydrogens is 286 g/mol. The van der Waals surface area contributed by atoms with Gasteiger partial charge in [0.05, 0.1) is 4.99 Å². The highest BCUT2D eigenvalue weighted by Gasteiger charge is 2.31. The van der Waals surface area contributed by atoms with Gasteiger partial charge >= 0.3 is 5.97 Å². The van der Waals surface area contributed by atoms with E-state index < -0.39 is 12.0 Å². The van der Waals surface area contributed by atoms with Gasteiger partial charge in [-0.15, -0.1) is 0 Å². The number of thiocarbonyl (C=S) groups is 1. The molecule has 21 heavy (non-hydrogen) atoms. The third-order valence-electron chi connectivity index (χ3n) is 3.75. The van der Waals surface area contributed by atoms with Crippen molar-refractivity contribution >= 4 is 29.0 Å². The number of carboxylic acid groups (broad SMARTS) is 1. The maximum atomic E-state index is 12.0. The lowest BCUT2D eigenvalue weighted by Crippen LogP contribution is -2.39. The van der Waals surface area contributed by atoms with Crippen LogP contribution in [0.5, 0.6) is 0 Å². The number of hydrogen-bond acceptors (Lipinski definition) is 3. The third kappa shape index (κ3) is 4.11. The molecule has 1 atom stereocenters. The molecule has 5 heteroatoms. The Kier molecular flexibility index (Phi) is 5.44. The summed E-state index contributed by atoms with van der Waals surface area (Å²) in [6.45, 7) is 0.711. The van der Waals surface area contributed by atoms with Crippen molar-refractivity contribution in [2.24, 2.45) is 0 Å². The van der Waals surface area contributed by atoms with Gasteiger partial charge in [-0.2, -0.15) is 0 Å². The molecular formula is C16H19NO3S. The highest BCUT2D eigenvalue weighted by molar-refractivity contribution is 7.80. The van der Waals surface area contributed by atoms with E-state index in [1.54, 1.807) is 4.90 Å². The van der Waals surface area contributed by atoms with Gasteiger partial charge in [0.25, 0.3) is 0 Å². The highest BCUT2D eigenvalue weighted by atomic mass is 32.1. The first-order valence-electron chi connectivity index (χ1n) is 7.20. The molecule has 1 N–H and O–H groups in total. The summed E-state index contributed by atoms with van der Waals surface area (Å²) >= 11 is 5.33. The van der Waals surface area contributed by atoms with Crippen molar-refractivity contribution in [2.75, 3.05) is 6.54 Å². The Bertz CT molecular complexity index is 530. The van der Waals surface area contributed by atoms with E-state index in [1.807, 2.05) is 30.3 Å². The summed E-state index contributed by atoms with van der Waals surface area (Å²) in [6.07, 6.45) is 3.21. The fourth-order valence-corrected chi connectivity index (χ4v) is 3.00. The molecule has 0 radical (unpaired) electrons. The second-order valence-corrected chi connectivity index (χ2v) is 5.70. The molecule has 1 saturated heterocycles. The number of ketones is 1. The quantitative estimate of drug-likeness (QED) is 0.647. The molecule has 1 aromatic carbocycles. The summed E-state index contributed by atoms with van der Waals surface area (Å²) in [4.78, 5) is 25.6.